The second-order valence-electron chi connectivity index (χ2n) is 10.2. The third kappa shape index (κ3) is 7.18. The van der Waals surface area contributed by atoms with Crippen LogP contribution >= 0.6 is 11.3 Å². The van der Waals surface area contributed by atoms with Crippen molar-refractivity contribution < 1.29 is 27.1 Å². The van der Waals surface area contributed by atoms with E-state index >= 15 is 4.39 Å². The zero-order valence-electron chi connectivity index (χ0n) is 21.0. The van der Waals surface area contributed by atoms with Crippen molar-refractivity contribution in [3.05, 3.63) is 22.4 Å². The van der Waals surface area contributed by atoms with Gasteiger partial charge in [-0.2, -0.15) is 0 Å². The van der Waals surface area contributed by atoms with Gasteiger partial charge in [-0.25, -0.2) is 18.2 Å². The Morgan fingerprint density at radius 1 is 1.31 bits per heavy atom. The molecule has 200 valence electrons. The summed E-state index contributed by atoms with van der Waals surface area (Å²) in [5.74, 6) is -2.53. The third-order valence-corrected chi connectivity index (χ3v) is 8.07. The van der Waals surface area contributed by atoms with E-state index in [1.807, 2.05) is 6.92 Å². The minimum Gasteiger partial charge on any atom is -0.464 e. The molecule has 12 heteroatoms. The van der Waals surface area contributed by atoms with Crippen molar-refractivity contribution in [1.82, 2.24) is 25.4 Å². The predicted octanol–water partition coefficient (Wildman–Crippen LogP) is 3.92. The van der Waals surface area contributed by atoms with Gasteiger partial charge in [0.1, 0.15) is 12.1 Å². The number of amides is 1. The summed E-state index contributed by atoms with van der Waals surface area (Å²) in [6, 6.07) is -0.0538. The quantitative estimate of drug-likeness (QED) is 0.526. The van der Waals surface area contributed by atoms with Crippen molar-refractivity contribution in [3.8, 4) is 5.19 Å². The third-order valence-electron chi connectivity index (χ3n) is 7.00. The van der Waals surface area contributed by atoms with E-state index in [4.69, 9.17) is 9.15 Å². The lowest BCUT2D eigenvalue weighted by Gasteiger charge is -2.40. The fourth-order valence-electron chi connectivity index (χ4n) is 4.93. The molecule has 2 aromatic rings. The molecule has 1 amide bonds. The Kier molecular flexibility index (Phi) is 8.23. The van der Waals surface area contributed by atoms with Crippen molar-refractivity contribution in [1.29, 1.82) is 0 Å². The van der Waals surface area contributed by atoms with Crippen LogP contribution < -0.4 is 10.1 Å². The molecule has 1 aliphatic carbocycles. The molecule has 1 saturated carbocycles. The molecule has 0 saturated heterocycles. The van der Waals surface area contributed by atoms with E-state index in [1.54, 1.807) is 6.92 Å². The first-order valence-corrected chi connectivity index (χ1v) is 13.3. The van der Waals surface area contributed by atoms with Gasteiger partial charge < -0.3 is 19.4 Å². The second-order valence-corrected chi connectivity index (χ2v) is 11.2. The maximum absolute atomic E-state index is 15.9. The normalized spacial score (nSPS) is 24.1. The van der Waals surface area contributed by atoms with Crippen LogP contribution in [0.1, 0.15) is 61.9 Å². The molecule has 0 aromatic carbocycles. The number of hydrogen-bond acceptors (Lipinski definition) is 8. The number of fused-ring (bicyclic) bond motifs is 1. The van der Waals surface area contributed by atoms with Crippen molar-refractivity contribution >= 4 is 17.2 Å². The van der Waals surface area contributed by atoms with Gasteiger partial charge in [-0.15, -0.1) is 10.2 Å². The van der Waals surface area contributed by atoms with Crippen LogP contribution in [0.4, 0.5) is 13.2 Å². The van der Waals surface area contributed by atoms with Gasteiger partial charge in [-0.3, -0.25) is 4.79 Å². The summed E-state index contributed by atoms with van der Waals surface area (Å²) in [6.45, 7) is 5.94. The Bertz CT molecular complexity index is 1010. The van der Waals surface area contributed by atoms with Gasteiger partial charge in [0.05, 0.1) is 5.69 Å². The van der Waals surface area contributed by atoms with E-state index in [0.717, 1.165) is 37.0 Å². The molecule has 1 fully saturated rings. The zero-order chi connectivity index (χ0) is 25.9. The van der Waals surface area contributed by atoms with Crippen molar-refractivity contribution in [2.75, 3.05) is 26.2 Å². The zero-order valence-corrected chi connectivity index (χ0v) is 21.8. The molecule has 1 aliphatic heterocycles. The maximum atomic E-state index is 15.9. The van der Waals surface area contributed by atoms with Gasteiger partial charge in [0.25, 0.3) is 11.1 Å². The van der Waals surface area contributed by atoms with Gasteiger partial charge in [-0.05, 0) is 32.1 Å². The first-order chi connectivity index (χ1) is 17.0. The van der Waals surface area contributed by atoms with E-state index in [1.165, 1.54) is 11.3 Å². The Hall–Kier alpha value is -2.21. The lowest BCUT2D eigenvalue weighted by atomic mass is 9.76. The van der Waals surface area contributed by atoms with Gasteiger partial charge in [0, 0.05) is 56.7 Å². The number of rotatable bonds is 9. The van der Waals surface area contributed by atoms with Crippen LogP contribution in [0.5, 0.6) is 5.19 Å². The number of ether oxygens (including phenoxy) is 1. The van der Waals surface area contributed by atoms with E-state index in [-0.39, 0.29) is 30.2 Å². The summed E-state index contributed by atoms with van der Waals surface area (Å²) in [5, 5.41) is 10.8. The molecule has 0 radical (unpaired) electrons. The molecule has 2 aromatic heterocycles. The SMILES string of the molecule is Cc1nnc(CC(=O)NC2CCC(F)([C@@H](C)CN3CCc4nc(OCC(C)(F)F)sc4CC3)CC2)o1. The number of aryl methyl sites for hydroxylation is 1. The van der Waals surface area contributed by atoms with Crippen LogP contribution in [0.15, 0.2) is 4.42 Å². The molecule has 3 heterocycles. The fraction of sp³-hybridized carbons (Fsp3) is 0.750. The van der Waals surface area contributed by atoms with Gasteiger partial charge in [0.2, 0.25) is 17.7 Å². The van der Waals surface area contributed by atoms with Crippen molar-refractivity contribution in [3.63, 3.8) is 0 Å². The Morgan fingerprint density at radius 2 is 2.03 bits per heavy atom. The van der Waals surface area contributed by atoms with Crippen LogP contribution in [0.3, 0.4) is 0 Å². The average Bonchev–Trinajstić information content (AvgIpc) is 3.35. The van der Waals surface area contributed by atoms with Crippen LogP contribution in [-0.2, 0) is 24.1 Å². The van der Waals surface area contributed by atoms with Crippen LogP contribution in [0.2, 0.25) is 0 Å². The summed E-state index contributed by atoms with van der Waals surface area (Å²) < 4.78 is 52.4. The van der Waals surface area contributed by atoms with Crippen molar-refractivity contribution in [2.45, 2.75) is 83.4 Å². The van der Waals surface area contributed by atoms with E-state index < -0.39 is 18.2 Å². The average molecular weight is 530 g/mol. The summed E-state index contributed by atoms with van der Waals surface area (Å²) in [5.41, 5.74) is -0.376. The number of halogens is 3. The molecule has 1 N–H and O–H groups in total. The minimum absolute atomic E-state index is 0.0303. The van der Waals surface area contributed by atoms with Crippen LogP contribution in [-0.4, -0.2) is 69.9 Å². The van der Waals surface area contributed by atoms with Crippen molar-refractivity contribution in [2.24, 2.45) is 5.92 Å². The predicted molar refractivity (Wildman–Crippen MR) is 128 cm³/mol. The molecule has 2 aliphatic rings. The summed E-state index contributed by atoms with van der Waals surface area (Å²) in [6.07, 6.45) is 3.47. The standard InChI is InChI=1S/C24H34F3N5O3S/c1-15(13-32-10-6-18-19(7-11-32)36-22(29-18)34-14-23(3,25)26)24(27)8-4-17(5-9-24)28-20(33)12-21-31-30-16(2)35-21/h15,17H,4-14H2,1-3H3,(H,28,33)/t15-,17?,24?/m0/s1. The fourth-order valence-corrected chi connectivity index (χ4v) is 5.87. The largest absolute Gasteiger partial charge is 0.464 e. The number of alkyl halides is 3. The molecule has 0 spiro atoms. The molecule has 0 unspecified atom stereocenters. The number of carbonyl (C=O) groups excluding carboxylic acids is 1. The molecular weight excluding hydrogens is 495 g/mol. The molecular formula is C24H34F3N5O3S. The summed E-state index contributed by atoms with van der Waals surface area (Å²) in [7, 11) is 0. The first kappa shape index (κ1) is 26.8. The van der Waals surface area contributed by atoms with Crippen LogP contribution in [0.25, 0.3) is 0 Å². The topological polar surface area (TPSA) is 93.4 Å². The first-order valence-electron chi connectivity index (χ1n) is 12.5. The smallest absolute Gasteiger partial charge is 0.278 e. The highest BCUT2D eigenvalue weighted by Gasteiger charge is 2.41. The maximum Gasteiger partial charge on any atom is 0.278 e. The number of aromatic nitrogens is 3. The minimum atomic E-state index is -2.89. The highest BCUT2D eigenvalue weighted by Crippen LogP contribution is 2.39. The lowest BCUT2D eigenvalue weighted by Crippen LogP contribution is -2.47. The highest BCUT2D eigenvalue weighted by atomic mass is 32.1. The lowest BCUT2D eigenvalue weighted by molar-refractivity contribution is -0.122. The van der Waals surface area contributed by atoms with Crippen LogP contribution in [0, 0.1) is 12.8 Å². The molecule has 0 bridgehead atoms. The summed E-state index contributed by atoms with van der Waals surface area (Å²) >= 11 is 1.33. The van der Waals surface area contributed by atoms with Gasteiger partial charge in [-0.1, -0.05) is 18.3 Å². The Morgan fingerprint density at radius 3 is 2.69 bits per heavy atom. The van der Waals surface area contributed by atoms with Gasteiger partial charge in [0.15, 0.2) is 6.61 Å². The molecule has 36 heavy (non-hydrogen) atoms. The van der Waals surface area contributed by atoms with E-state index in [9.17, 15) is 13.6 Å². The molecule has 1 atom stereocenters. The highest BCUT2D eigenvalue weighted by molar-refractivity contribution is 7.13. The van der Waals surface area contributed by atoms with Gasteiger partial charge >= 0.3 is 0 Å². The monoisotopic (exact) mass is 529 g/mol. The number of carbonyl (C=O) groups is 1. The van der Waals surface area contributed by atoms with E-state index in [0.29, 0.717) is 49.7 Å². The number of hydrogen-bond donors (Lipinski definition) is 1. The molecule has 4 rings (SSSR count). The number of thiazole rings is 1. The van der Waals surface area contributed by atoms with E-state index in [2.05, 4.69) is 25.4 Å². The second kappa shape index (κ2) is 11.0. The molecule has 8 nitrogen and oxygen atoms in total. The number of nitrogens with one attached hydrogen (secondary N) is 1. The Balaban J connectivity index is 1.21. The number of nitrogens with zero attached hydrogens (tertiary/aromatic N) is 4. The Labute approximate surface area is 213 Å². The summed E-state index contributed by atoms with van der Waals surface area (Å²) in [4.78, 5) is 20.0.